The third kappa shape index (κ3) is 28.9. The van der Waals surface area contributed by atoms with Crippen LogP contribution < -0.4 is 10.6 Å². The van der Waals surface area contributed by atoms with E-state index < -0.39 is 229 Å². The van der Waals surface area contributed by atoms with Crippen molar-refractivity contribution in [3.63, 3.8) is 0 Å². The average molecular weight is 1530 g/mol. The van der Waals surface area contributed by atoms with Crippen molar-refractivity contribution in [2.45, 2.75) is 391 Å². The Morgan fingerprint density at radius 1 is 0.491 bits per heavy atom. The lowest BCUT2D eigenvalue weighted by Crippen LogP contribution is -2.71. The smallest absolute Gasteiger partial charge is 0.364 e. The summed E-state index contributed by atoms with van der Waals surface area (Å²) in [6.07, 6.45) is -14.0. The number of aliphatic hydroxyl groups is 17. The van der Waals surface area contributed by atoms with Crippen LogP contribution in [0.1, 0.15) is 220 Å². The summed E-state index contributed by atoms with van der Waals surface area (Å²) in [7, 11) is 0. The Hall–Kier alpha value is -2.93. The third-order valence-electron chi connectivity index (χ3n) is 20.7. The number of nitrogens with one attached hydrogen (secondary N) is 2. The van der Waals surface area contributed by atoms with Gasteiger partial charge in [0.15, 0.2) is 25.2 Å². The van der Waals surface area contributed by atoms with Gasteiger partial charge < -0.3 is 150 Å². The van der Waals surface area contributed by atoms with Crippen molar-refractivity contribution in [3.8, 4) is 0 Å². The summed E-state index contributed by atoms with van der Waals surface area (Å²) in [5, 5.41) is 203. The fourth-order valence-corrected chi connectivity index (χ4v) is 14.2. The molecule has 5 saturated heterocycles. The molecular formula is C73H132N2O31. The van der Waals surface area contributed by atoms with Gasteiger partial charge in [-0.15, -0.1) is 0 Å². The van der Waals surface area contributed by atoms with Crippen molar-refractivity contribution < 1.29 is 154 Å². The molecule has 5 aliphatic rings. The van der Waals surface area contributed by atoms with E-state index in [1.165, 1.54) is 122 Å². The minimum Gasteiger partial charge on any atom is -0.477 e. The van der Waals surface area contributed by atoms with Gasteiger partial charge in [-0.1, -0.05) is 193 Å². The molecule has 0 aromatic carbocycles. The lowest BCUT2D eigenvalue weighted by atomic mass is 9.90. The van der Waals surface area contributed by atoms with Crippen molar-refractivity contribution in [3.05, 3.63) is 12.2 Å². The van der Waals surface area contributed by atoms with E-state index in [1.807, 2.05) is 6.08 Å². The number of rotatable bonds is 53. The van der Waals surface area contributed by atoms with Crippen molar-refractivity contribution in [2.24, 2.45) is 0 Å². The lowest BCUT2D eigenvalue weighted by Gasteiger charge is -2.51. The highest BCUT2D eigenvalue weighted by Gasteiger charge is 2.61. The maximum atomic E-state index is 13.5. The molecule has 28 atom stereocenters. The minimum absolute atomic E-state index is 0.180. The summed E-state index contributed by atoms with van der Waals surface area (Å²) in [6, 6.07) is -2.91. The molecule has 33 heteroatoms. The molecular weight excluding hydrogens is 1400 g/mol. The maximum absolute atomic E-state index is 13.5. The molecule has 20 N–H and O–H groups in total. The molecule has 620 valence electrons. The molecule has 5 fully saturated rings. The highest BCUT2D eigenvalue weighted by atomic mass is 16.8. The summed E-state index contributed by atoms with van der Waals surface area (Å²) >= 11 is 0. The largest absolute Gasteiger partial charge is 0.477 e. The van der Waals surface area contributed by atoms with Gasteiger partial charge in [-0.2, -0.15) is 0 Å². The van der Waals surface area contributed by atoms with E-state index in [-0.39, 0.29) is 12.3 Å². The van der Waals surface area contributed by atoms with E-state index in [0.29, 0.717) is 12.8 Å². The van der Waals surface area contributed by atoms with Crippen molar-refractivity contribution >= 4 is 17.8 Å². The number of amides is 2. The minimum atomic E-state index is -3.21. The number of ether oxygens (including phenoxy) is 10. The van der Waals surface area contributed by atoms with Crippen LogP contribution in [0.3, 0.4) is 0 Å². The van der Waals surface area contributed by atoms with Gasteiger partial charge in [0.1, 0.15) is 122 Å². The van der Waals surface area contributed by atoms with Gasteiger partial charge in [0.25, 0.3) is 5.79 Å². The standard InChI is InChI=1S/C73H132N2O31/c1-4-6-8-10-12-14-16-18-19-20-21-23-25-27-29-31-33-35-52(85)75-44(45(82)34-32-30-28-26-24-22-17-15-13-11-9-7-5-2)42-97-69-60(92)58(90)64(50(40-79)100-69)103-70-61(93)59(91)63(51(41-80)101-70)102-68-53(74-43(3)81)65(56(88)48(38-77)98-68)104-71-62(94)67(57(89)49(39-78)99-71)106-73(72(95)96)36-46(83)54(86)66(105-73)55(87)47(84)37-76/h32,34,44-51,53-71,76-80,82-84,86-94H,4-31,33,35-42H2,1-3H3,(H,74,81)(H,75,85)(H,95,96)/b34-32+/t44-,45+,46?,47+,48?,49?,50?,51?,53?,54+,55+,56-,57-,58+,59+,60?,61?,62?,63-,64+,65+,66?,67-,68-,69+,70-,71-,73-/m0/s1. The first-order valence-corrected chi connectivity index (χ1v) is 39.1. The Kier molecular flexibility index (Phi) is 44.4. The van der Waals surface area contributed by atoms with Crippen LogP contribution >= 0.6 is 0 Å². The molecule has 2 amide bonds. The van der Waals surface area contributed by atoms with Gasteiger partial charge in [-0.05, 0) is 19.3 Å². The maximum Gasteiger partial charge on any atom is 0.364 e. The first kappa shape index (κ1) is 93.7. The fraction of sp³-hybridized carbons (Fsp3) is 0.932. The van der Waals surface area contributed by atoms with E-state index in [4.69, 9.17) is 47.4 Å². The molecule has 106 heavy (non-hydrogen) atoms. The van der Waals surface area contributed by atoms with E-state index in [0.717, 1.165) is 58.3 Å². The molecule has 0 aromatic rings. The molecule has 0 saturated carbocycles. The molecule has 33 nitrogen and oxygen atoms in total. The van der Waals surface area contributed by atoms with Gasteiger partial charge in [-0.25, -0.2) is 4.79 Å². The molecule has 10 unspecified atom stereocenters. The topological polar surface area (TPSA) is 532 Å². The molecule has 0 radical (unpaired) electrons. The SMILES string of the molecule is CCCCCCCCCCCCC/C=C/[C@@H](O)[C@H](CO[C@@H]1OC(CO)[C@@H](O[C@@H]2OC(CO)[C@H](O[C@@H]3OC(CO)[C@H](O)[C@H](O[C@@H]4OC(CO)[C@H](O)[C@H](O[C@]5(C(=O)O)CC(O)[C@@H](O)C([C@H](O)[C@H](O)CO)O5)C4O)C3NC(C)=O)[C@H](O)C2O)[C@H](O)C1O)NC(=O)CCCCCCCCCCCCCCCCCCC. The number of carbonyl (C=O) groups excluding carboxylic acids is 2. The van der Waals surface area contributed by atoms with Crippen LogP contribution in [0.2, 0.25) is 0 Å². The van der Waals surface area contributed by atoms with Gasteiger partial charge in [0.2, 0.25) is 11.8 Å². The summed E-state index contributed by atoms with van der Waals surface area (Å²) < 4.78 is 58.4. The van der Waals surface area contributed by atoms with Crippen LogP contribution in [0.25, 0.3) is 0 Å². The zero-order chi connectivity index (χ0) is 77.9. The zero-order valence-corrected chi connectivity index (χ0v) is 62.3. The van der Waals surface area contributed by atoms with Gasteiger partial charge in [-0.3, -0.25) is 9.59 Å². The van der Waals surface area contributed by atoms with E-state index in [9.17, 15) is 106 Å². The quantitative estimate of drug-likeness (QED) is 0.0272. The number of allylic oxidation sites excluding steroid dienone is 1. The van der Waals surface area contributed by atoms with Crippen LogP contribution in [0.15, 0.2) is 12.2 Å². The van der Waals surface area contributed by atoms with Crippen LogP contribution in [0, 0.1) is 0 Å². The van der Waals surface area contributed by atoms with E-state index >= 15 is 0 Å². The summed E-state index contributed by atoms with van der Waals surface area (Å²) in [4.78, 5) is 39.4. The van der Waals surface area contributed by atoms with Crippen LogP contribution in [-0.4, -0.2) is 321 Å². The van der Waals surface area contributed by atoms with E-state index in [1.54, 1.807) is 6.08 Å². The predicted molar refractivity (Wildman–Crippen MR) is 376 cm³/mol. The number of carbonyl (C=O) groups is 3. The molecule has 5 heterocycles. The zero-order valence-electron chi connectivity index (χ0n) is 62.3. The van der Waals surface area contributed by atoms with Crippen molar-refractivity contribution in [2.75, 3.05) is 39.6 Å². The number of hydrogen-bond donors (Lipinski definition) is 20. The van der Waals surface area contributed by atoms with Gasteiger partial charge in [0.05, 0.1) is 57.9 Å². The molecule has 5 rings (SSSR count). The summed E-state index contributed by atoms with van der Waals surface area (Å²) in [5.41, 5.74) is 0. The average Bonchev–Trinajstić information content (AvgIpc) is 0.893. The molecule has 0 aromatic heterocycles. The second-order valence-electron chi connectivity index (χ2n) is 29.2. The molecule has 0 bridgehead atoms. The van der Waals surface area contributed by atoms with Crippen LogP contribution in [0.5, 0.6) is 0 Å². The third-order valence-corrected chi connectivity index (χ3v) is 20.7. The molecule has 5 aliphatic heterocycles. The number of aliphatic carboxylic acids is 1. The Morgan fingerprint density at radius 3 is 1.38 bits per heavy atom. The van der Waals surface area contributed by atoms with Crippen molar-refractivity contribution in [1.29, 1.82) is 0 Å². The lowest BCUT2D eigenvalue weighted by molar-refractivity contribution is -0.391. The normalized spacial score (nSPS) is 34.9. The number of aliphatic hydroxyl groups excluding tert-OH is 17. The first-order chi connectivity index (χ1) is 50.9. The highest BCUT2D eigenvalue weighted by Crippen LogP contribution is 2.40. The second-order valence-corrected chi connectivity index (χ2v) is 29.2. The first-order valence-electron chi connectivity index (χ1n) is 39.1. The van der Waals surface area contributed by atoms with Crippen molar-refractivity contribution in [1.82, 2.24) is 10.6 Å². The fourth-order valence-electron chi connectivity index (χ4n) is 14.2. The van der Waals surface area contributed by atoms with Gasteiger partial charge >= 0.3 is 5.97 Å². The molecule has 0 aliphatic carbocycles. The van der Waals surface area contributed by atoms with Crippen LogP contribution in [0.4, 0.5) is 0 Å². The number of carboxylic acids is 1. The Balaban J connectivity index is 1.22. The Bertz CT molecular complexity index is 2410. The summed E-state index contributed by atoms with van der Waals surface area (Å²) in [5.74, 6) is -6.53. The number of unbranched alkanes of at least 4 members (excludes halogenated alkanes) is 27. The van der Waals surface area contributed by atoms with Gasteiger partial charge in [0, 0.05) is 19.8 Å². The van der Waals surface area contributed by atoms with E-state index in [2.05, 4.69) is 24.5 Å². The number of hydrogen-bond acceptors (Lipinski definition) is 30. The molecule has 0 spiro atoms. The highest BCUT2D eigenvalue weighted by molar-refractivity contribution is 5.76. The van der Waals surface area contributed by atoms with Crippen LogP contribution in [-0.2, 0) is 61.8 Å². The Morgan fingerprint density at radius 2 is 0.906 bits per heavy atom. The second kappa shape index (κ2) is 50.2. The summed E-state index contributed by atoms with van der Waals surface area (Å²) in [6.45, 7) is -0.320. The monoisotopic (exact) mass is 1530 g/mol. The Labute approximate surface area is 622 Å². The predicted octanol–water partition coefficient (Wildman–Crippen LogP) is -0.406. The number of carboxylic acid groups (broad SMARTS) is 1.